The van der Waals surface area contributed by atoms with E-state index in [0.29, 0.717) is 6.61 Å². The zero-order chi connectivity index (χ0) is 9.52. The summed E-state index contributed by atoms with van der Waals surface area (Å²) in [5.74, 6) is 1.07. The maximum absolute atomic E-state index is 5.46. The minimum absolute atomic E-state index is 0.716. The van der Waals surface area contributed by atoms with Gasteiger partial charge < -0.3 is 4.74 Å². The van der Waals surface area contributed by atoms with Crippen LogP contribution in [0.2, 0.25) is 0 Å². The van der Waals surface area contributed by atoms with E-state index in [0.717, 1.165) is 16.8 Å². The Morgan fingerprint density at radius 2 is 2.00 bits per heavy atom. The van der Waals surface area contributed by atoms with E-state index >= 15 is 0 Å². The van der Waals surface area contributed by atoms with E-state index in [1.807, 2.05) is 12.1 Å². The van der Waals surface area contributed by atoms with E-state index in [1.54, 1.807) is 11.8 Å². The van der Waals surface area contributed by atoms with Crippen molar-refractivity contribution >= 4 is 27.7 Å². The van der Waals surface area contributed by atoms with Crippen LogP contribution in [-0.4, -0.2) is 18.6 Å². The highest BCUT2D eigenvalue weighted by Gasteiger charge is 1.92. The molecule has 0 N–H and O–H groups in total. The molecule has 0 saturated heterocycles. The van der Waals surface area contributed by atoms with E-state index in [2.05, 4.69) is 34.3 Å². The zero-order valence-electron chi connectivity index (χ0n) is 7.63. The highest BCUT2D eigenvalue weighted by molar-refractivity contribution is 9.10. The van der Waals surface area contributed by atoms with E-state index < -0.39 is 0 Å². The Morgan fingerprint density at radius 3 is 2.62 bits per heavy atom. The minimum atomic E-state index is 0.716. The summed E-state index contributed by atoms with van der Waals surface area (Å²) in [4.78, 5) is 0. The van der Waals surface area contributed by atoms with Gasteiger partial charge in [-0.25, -0.2) is 0 Å². The van der Waals surface area contributed by atoms with Crippen molar-refractivity contribution in [3.8, 4) is 0 Å². The average molecular weight is 261 g/mol. The summed E-state index contributed by atoms with van der Waals surface area (Å²) >= 11 is 5.20. The van der Waals surface area contributed by atoms with Gasteiger partial charge in [0, 0.05) is 10.2 Å². The van der Waals surface area contributed by atoms with Gasteiger partial charge in [0.2, 0.25) is 0 Å². The van der Waals surface area contributed by atoms with Crippen molar-refractivity contribution in [2.45, 2.75) is 6.61 Å². The first-order valence-corrected chi connectivity index (χ1v) is 6.33. The Labute approximate surface area is 92.0 Å². The van der Waals surface area contributed by atoms with E-state index in [-0.39, 0.29) is 0 Å². The van der Waals surface area contributed by atoms with E-state index in [1.165, 1.54) is 5.56 Å². The van der Waals surface area contributed by atoms with Gasteiger partial charge in [-0.05, 0) is 24.0 Å². The van der Waals surface area contributed by atoms with Crippen molar-refractivity contribution in [1.82, 2.24) is 0 Å². The predicted molar refractivity (Wildman–Crippen MR) is 62.2 cm³/mol. The van der Waals surface area contributed by atoms with Gasteiger partial charge in [0.05, 0.1) is 13.2 Å². The fraction of sp³-hybridized carbons (Fsp3) is 0.400. The van der Waals surface area contributed by atoms with Crippen LogP contribution in [0.4, 0.5) is 0 Å². The summed E-state index contributed by atoms with van der Waals surface area (Å²) in [6.45, 7) is 1.55. The molecule has 0 unspecified atom stereocenters. The molecule has 0 radical (unpaired) electrons. The topological polar surface area (TPSA) is 9.23 Å². The quantitative estimate of drug-likeness (QED) is 0.752. The van der Waals surface area contributed by atoms with Crippen LogP contribution in [0.3, 0.4) is 0 Å². The van der Waals surface area contributed by atoms with E-state index in [4.69, 9.17) is 4.74 Å². The van der Waals surface area contributed by atoms with Gasteiger partial charge in [-0.3, -0.25) is 0 Å². The molecule has 0 saturated carbocycles. The molecule has 0 amide bonds. The van der Waals surface area contributed by atoms with Gasteiger partial charge in [0.1, 0.15) is 0 Å². The van der Waals surface area contributed by atoms with Gasteiger partial charge in [0.25, 0.3) is 0 Å². The van der Waals surface area contributed by atoms with Crippen LogP contribution in [0.15, 0.2) is 28.7 Å². The van der Waals surface area contributed by atoms with Crippen LogP contribution in [0.25, 0.3) is 0 Å². The second-order valence-corrected chi connectivity index (χ2v) is 4.57. The molecular weight excluding hydrogens is 248 g/mol. The van der Waals surface area contributed by atoms with Crippen LogP contribution in [0, 0.1) is 0 Å². The SMILES string of the molecule is CSCCOCc1ccc(Br)cc1. The van der Waals surface area contributed by atoms with Crippen LogP contribution >= 0.6 is 27.7 Å². The number of halogens is 1. The lowest BCUT2D eigenvalue weighted by Gasteiger charge is -2.02. The largest absolute Gasteiger partial charge is 0.376 e. The number of benzene rings is 1. The molecule has 3 heteroatoms. The van der Waals surface area contributed by atoms with Crippen LogP contribution < -0.4 is 0 Å². The minimum Gasteiger partial charge on any atom is -0.376 e. The van der Waals surface area contributed by atoms with Crippen molar-refractivity contribution in [3.63, 3.8) is 0 Å². The summed E-state index contributed by atoms with van der Waals surface area (Å²) in [6.07, 6.45) is 2.09. The first kappa shape index (κ1) is 11.1. The number of rotatable bonds is 5. The lowest BCUT2D eigenvalue weighted by Crippen LogP contribution is -1.97. The highest BCUT2D eigenvalue weighted by atomic mass is 79.9. The van der Waals surface area contributed by atoms with Crippen molar-refractivity contribution in [3.05, 3.63) is 34.3 Å². The molecule has 0 aliphatic rings. The molecule has 0 aromatic heterocycles. The third-order valence-corrected chi connectivity index (χ3v) is 2.72. The molecule has 1 aromatic rings. The lowest BCUT2D eigenvalue weighted by molar-refractivity contribution is 0.136. The maximum atomic E-state index is 5.46. The smallest absolute Gasteiger partial charge is 0.0717 e. The standard InChI is InChI=1S/C10H13BrOS/c1-13-7-6-12-8-9-2-4-10(11)5-3-9/h2-5H,6-8H2,1H3. The molecule has 0 atom stereocenters. The fourth-order valence-corrected chi connectivity index (χ4v) is 1.46. The average Bonchev–Trinajstić information content (AvgIpc) is 2.15. The van der Waals surface area contributed by atoms with Crippen molar-refractivity contribution in [1.29, 1.82) is 0 Å². The van der Waals surface area contributed by atoms with Gasteiger partial charge in [-0.1, -0.05) is 28.1 Å². The first-order chi connectivity index (χ1) is 6.33. The molecule has 0 spiro atoms. The van der Waals surface area contributed by atoms with Crippen molar-refractivity contribution < 1.29 is 4.74 Å². The maximum Gasteiger partial charge on any atom is 0.0717 e. The fourth-order valence-electron chi connectivity index (χ4n) is 0.913. The van der Waals surface area contributed by atoms with E-state index in [9.17, 15) is 0 Å². The number of hydrogen-bond acceptors (Lipinski definition) is 2. The predicted octanol–water partition coefficient (Wildman–Crippen LogP) is 3.33. The molecule has 0 heterocycles. The molecule has 0 bridgehead atoms. The van der Waals surface area contributed by atoms with Crippen LogP contribution in [0.5, 0.6) is 0 Å². The number of thioether (sulfide) groups is 1. The molecule has 1 rings (SSSR count). The molecule has 72 valence electrons. The highest BCUT2D eigenvalue weighted by Crippen LogP contribution is 2.11. The van der Waals surface area contributed by atoms with Gasteiger partial charge in [-0.2, -0.15) is 11.8 Å². The zero-order valence-corrected chi connectivity index (χ0v) is 10.0. The van der Waals surface area contributed by atoms with Gasteiger partial charge in [0.15, 0.2) is 0 Å². The molecular formula is C10H13BrOS. The normalized spacial score (nSPS) is 10.3. The Balaban J connectivity index is 2.25. The monoisotopic (exact) mass is 260 g/mol. The Hall–Kier alpha value is 0.01000. The summed E-state index contributed by atoms with van der Waals surface area (Å²) < 4.78 is 6.58. The molecule has 13 heavy (non-hydrogen) atoms. The van der Waals surface area contributed by atoms with Crippen LogP contribution in [0.1, 0.15) is 5.56 Å². The summed E-state index contributed by atoms with van der Waals surface area (Å²) in [5.41, 5.74) is 1.23. The summed E-state index contributed by atoms with van der Waals surface area (Å²) in [6, 6.07) is 8.22. The van der Waals surface area contributed by atoms with Crippen molar-refractivity contribution in [2.75, 3.05) is 18.6 Å². The van der Waals surface area contributed by atoms with Gasteiger partial charge in [-0.15, -0.1) is 0 Å². The third-order valence-electron chi connectivity index (χ3n) is 1.61. The molecule has 1 nitrogen and oxygen atoms in total. The summed E-state index contributed by atoms with van der Waals surface area (Å²) in [7, 11) is 0. The number of hydrogen-bond donors (Lipinski definition) is 0. The lowest BCUT2D eigenvalue weighted by atomic mass is 10.2. The van der Waals surface area contributed by atoms with Gasteiger partial charge >= 0.3 is 0 Å². The van der Waals surface area contributed by atoms with Crippen molar-refractivity contribution in [2.24, 2.45) is 0 Å². The second kappa shape index (κ2) is 6.46. The van der Waals surface area contributed by atoms with Crippen LogP contribution in [-0.2, 0) is 11.3 Å². The molecule has 0 fully saturated rings. The number of ether oxygens (including phenoxy) is 1. The molecule has 0 aliphatic heterocycles. The molecule has 1 aromatic carbocycles. The molecule has 0 aliphatic carbocycles. The Bertz CT molecular complexity index is 235. The summed E-state index contributed by atoms with van der Waals surface area (Å²) in [5, 5.41) is 0. The Morgan fingerprint density at radius 1 is 1.31 bits per heavy atom. The third kappa shape index (κ3) is 4.69. The first-order valence-electron chi connectivity index (χ1n) is 4.14. The Kier molecular flexibility index (Phi) is 5.51. The second-order valence-electron chi connectivity index (χ2n) is 2.67.